The van der Waals surface area contributed by atoms with E-state index in [0.717, 1.165) is 0 Å². The molecule has 0 saturated heterocycles. The largest absolute Gasteiger partial charge is 0.388 e. The predicted molar refractivity (Wildman–Crippen MR) is 55.4 cm³/mol. The van der Waals surface area contributed by atoms with Crippen LogP contribution in [-0.4, -0.2) is 11.7 Å². The van der Waals surface area contributed by atoms with Crippen LogP contribution in [0, 0.1) is 0 Å². The maximum Gasteiger partial charge on any atom is 0.0861 e. The number of azide groups is 1. The Morgan fingerprint density at radius 3 is 2.86 bits per heavy atom. The molecule has 1 aromatic carbocycles. The number of nitrogens with zero attached hydrogens (tertiary/aromatic N) is 3. The molecule has 0 heterocycles. The Hall–Kier alpha value is -0.930. The van der Waals surface area contributed by atoms with Crippen LogP contribution >= 0.6 is 23.2 Å². The molecule has 14 heavy (non-hydrogen) atoms. The highest BCUT2D eigenvalue weighted by Crippen LogP contribution is 2.26. The van der Waals surface area contributed by atoms with Gasteiger partial charge in [-0.1, -0.05) is 28.3 Å². The van der Waals surface area contributed by atoms with Crippen molar-refractivity contribution >= 4 is 23.2 Å². The third kappa shape index (κ3) is 2.79. The fourth-order valence-electron chi connectivity index (χ4n) is 0.982. The Labute approximate surface area is 90.7 Å². The average Bonchev–Trinajstić information content (AvgIpc) is 2.18. The zero-order valence-corrected chi connectivity index (χ0v) is 8.57. The molecule has 0 radical (unpaired) electrons. The highest BCUT2D eigenvalue weighted by molar-refractivity contribution is 6.33. The predicted octanol–water partition coefficient (Wildman–Crippen LogP) is 3.34. The van der Waals surface area contributed by atoms with Gasteiger partial charge in [-0.15, -0.1) is 0 Å². The minimum atomic E-state index is -0.919. The van der Waals surface area contributed by atoms with E-state index in [0.29, 0.717) is 15.6 Å². The third-order valence-corrected chi connectivity index (χ3v) is 2.21. The van der Waals surface area contributed by atoms with Crippen molar-refractivity contribution in [2.75, 3.05) is 6.54 Å². The molecule has 4 nitrogen and oxygen atoms in total. The Balaban J connectivity index is 2.93. The van der Waals surface area contributed by atoms with Crippen LogP contribution in [0.4, 0.5) is 0 Å². The first kappa shape index (κ1) is 11.1. The molecule has 1 aromatic rings. The molecule has 1 N–H and O–H groups in total. The summed E-state index contributed by atoms with van der Waals surface area (Å²) in [5.74, 6) is 0. The molecule has 0 aliphatic rings. The van der Waals surface area contributed by atoms with Gasteiger partial charge in [0.2, 0.25) is 0 Å². The lowest BCUT2D eigenvalue weighted by Crippen LogP contribution is -2.01. The first-order valence-electron chi connectivity index (χ1n) is 3.79. The van der Waals surface area contributed by atoms with E-state index in [2.05, 4.69) is 10.0 Å². The van der Waals surface area contributed by atoms with E-state index in [4.69, 9.17) is 28.7 Å². The van der Waals surface area contributed by atoms with Crippen molar-refractivity contribution in [2.24, 2.45) is 5.11 Å². The molecular formula is C8H7Cl2N3O. The highest BCUT2D eigenvalue weighted by Gasteiger charge is 2.10. The van der Waals surface area contributed by atoms with Crippen LogP contribution in [0.3, 0.4) is 0 Å². The summed E-state index contributed by atoms with van der Waals surface area (Å²) < 4.78 is 0. The topological polar surface area (TPSA) is 69.0 Å². The molecule has 0 bridgehead atoms. The van der Waals surface area contributed by atoms with Crippen molar-refractivity contribution in [3.05, 3.63) is 44.3 Å². The number of hydrogen-bond donors (Lipinski definition) is 1. The van der Waals surface area contributed by atoms with Crippen LogP contribution in [0.2, 0.25) is 10.0 Å². The number of halogens is 2. The summed E-state index contributed by atoms with van der Waals surface area (Å²) in [4.78, 5) is 2.54. The van der Waals surface area contributed by atoms with E-state index < -0.39 is 6.10 Å². The smallest absolute Gasteiger partial charge is 0.0861 e. The van der Waals surface area contributed by atoms with Crippen molar-refractivity contribution in [2.45, 2.75) is 6.10 Å². The summed E-state index contributed by atoms with van der Waals surface area (Å²) in [6, 6.07) is 4.74. The van der Waals surface area contributed by atoms with Gasteiger partial charge in [-0.3, -0.25) is 0 Å². The Morgan fingerprint density at radius 1 is 1.50 bits per heavy atom. The van der Waals surface area contributed by atoms with Crippen LogP contribution in [-0.2, 0) is 0 Å². The van der Waals surface area contributed by atoms with Gasteiger partial charge in [0, 0.05) is 20.5 Å². The molecule has 0 fully saturated rings. The summed E-state index contributed by atoms with van der Waals surface area (Å²) in [6.07, 6.45) is -0.919. The third-order valence-electron chi connectivity index (χ3n) is 1.63. The Bertz CT molecular complexity index is 377. The molecule has 6 heteroatoms. The van der Waals surface area contributed by atoms with E-state index in [1.807, 2.05) is 0 Å². The summed E-state index contributed by atoms with van der Waals surface area (Å²) in [6.45, 7) is -0.0590. The molecule has 0 spiro atoms. The monoisotopic (exact) mass is 231 g/mol. The van der Waals surface area contributed by atoms with Crippen molar-refractivity contribution in [3.63, 3.8) is 0 Å². The molecule has 0 amide bonds. The van der Waals surface area contributed by atoms with E-state index >= 15 is 0 Å². The molecule has 1 rings (SSSR count). The van der Waals surface area contributed by atoms with Gasteiger partial charge in [-0.2, -0.15) is 0 Å². The summed E-state index contributed by atoms with van der Waals surface area (Å²) >= 11 is 11.5. The SMILES string of the molecule is [N-]=[N+]=NC[C@H](O)c1cc(Cl)ccc1Cl. The molecule has 1 atom stereocenters. The lowest BCUT2D eigenvalue weighted by Gasteiger charge is -2.09. The standard InChI is InChI=1S/C8H7Cl2N3O/c9-5-1-2-7(10)6(3-5)8(14)4-12-13-11/h1-3,8,14H,4H2/t8-/m0/s1. The second kappa shape index (κ2) is 5.08. The van der Waals surface area contributed by atoms with E-state index in [-0.39, 0.29) is 6.54 Å². The van der Waals surface area contributed by atoms with Crippen LogP contribution in [0.5, 0.6) is 0 Å². The second-order valence-corrected chi connectivity index (χ2v) is 3.44. The number of benzene rings is 1. The van der Waals surface area contributed by atoms with Crippen molar-refractivity contribution in [3.8, 4) is 0 Å². The molecular weight excluding hydrogens is 225 g/mol. The lowest BCUT2D eigenvalue weighted by atomic mass is 10.1. The van der Waals surface area contributed by atoms with E-state index in [1.165, 1.54) is 0 Å². The molecule has 74 valence electrons. The van der Waals surface area contributed by atoms with E-state index in [1.54, 1.807) is 18.2 Å². The molecule has 0 aliphatic heterocycles. The molecule has 0 aromatic heterocycles. The maximum absolute atomic E-state index is 9.55. The van der Waals surface area contributed by atoms with E-state index in [9.17, 15) is 5.11 Å². The number of aliphatic hydroxyl groups is 1. The van der Waals surface area contributed by atoms with Crippen molar-refractivity contribution in [1.29, 1.82) is 0 Å². The van der Waals surface area contributed by atoms with Crippen molar-refractivity contribution < 1.29 is 5.11 Å². The molecule has 0 unspecified atom stereocenters. The average molecular weight is 232 g/mol. The number of aliphatic hydroxyl groups excluding tert-OH is 1. The lowest BCUT2D eigenvalue weighted by molar-refractivity contribution is 0.187. The molecule has 0 aliphatic carbocycles. The quantitative estimate of drug-likeness (QED) is 0.484. The van der Waals surface area contributed by atoms with Crippen LogP contribution < -0.4 is 0 Å². The normalized spacial score (nSPS) is 11.9. The van der Waals surface area contributed by atoms with Gasteiger partial charge in [-0.25, -0.2) is 0 Å². The van der Waals surface area contributed by atoms with Crippen molar-refractivity contribution in [1.82, 2.24) is 0 Å². The highest BCUT2D eigenvalue weighted by atomic mass is 35.5. The van der Waals surface area contributed by atoms with Crippen LogP contribution in [0.15, 0.2) is 23.3 Å². The second-order valence-electron chi connectivity index (χ2n) is 2.60. The Morgan fingerprint density at radius 2 is 2.21 bits per heavy atom. The minimum Gasteiger partial charge on any atom is -0.388 e. The first-order chi connectivity index (χ1) is 6.65. The van der Waals surface area contributed by atoms with Crippen LogP contribution in [0.1, 0.15) is 11.7 Å². The molecule has 0 saturated carbocycles. The zero-order valence-electron chi connectivity index (χ0n) is 7.06. The zero-order chi connectivity index (χ0) is 10.6. The van der Waals surface area contributed by atoms with Gasteiger partial charge >= 0.3 is 0 Å². The van der Waals surface area contributed by atoms with Gasteiger partial charge in [0.05, 0.1) is 12.6 Å². The van der Waals surface area contributed by atoms with Gasteiger partial charge in [0.25, 0.3) is 0 Å². The fraction of sp³-hybridized carbons (Fsp3) is 0.250. The summed E-state index contributed by atoms with van der Waals surface area (Å²) in [5, 5.41) is 13.7. The van der Waals surface area contributed by atoms with Gasteiger partial charge < -0.3 is 5.11 Å². The fourth-order valence-corrected chi connectivity index (χ4v) is 1.41. The Kier molecular flexibility index (Phi) is 4.04. The van der Waals surface area contributed by atoms with Gasteiger partial charge in [0.1, 0.15) is 0 Å². The van der Waals surface area contributed by atoms with Crippen LogP contribution in [0.25, 0.3) is 10.4 Å². The summed E-state index contributed by atoms with van der Waals surface area (Å²) in [5.41, 5.74) is 8.54. The number of hydrogen-bond acceptors (Lipinski definition) is 2. The number of rotatable bonds is 3. The minimum absolute atomic E-state index is 0.0590. The summed E-state index contributed by atoms with van der Waals surface area (Å²) in [7, 11) is 0. The first-order valence-corrected chi connectivity index (χ1v) is 4.54. The maximum atomic E-state index is 9.55. The van der Waals surface area contributed by atoms with Gasteiger partial charge in [0.15, 0.2) is 0 Å². The van der Waals surface area contributed by atoms with Gasteiger partial charge in [-0.05, 0) is 23.7 Å².